The Morgan fingerprint density at radius 2 is 1.23 bits per heavy atom. The molecule has 0 aliphatic carbocycles. The van der Waals surface area contributed by atoms with Crippen molar-refractivity contribution in [1.82, 2.24) is 10.2 Å². The monoisotopic (exact) mass is 344 g/mol. The Morgan fingerprint density at radius 1 is 0.731 bits per heavy atom. The Morgan fingerprint density at radius 3 is 1.73 bits per heavy atom. The molecule has 0 saturated heterocycles. The molecule has 3 aromatic carbocycles. The van der Waals surface area contributed by atoms with E-state index in [4.69, 9.17) is 0 Å². The molecule has 0 unspecified atom stereocenters. The van der Waals surface area contributed by atoms with Crippen LogP contribution in [0.5, 0.6) is 0 Å². The van der Waals surface area contributed by atoms with Crippen molar-refractivity contribution in [3.63, 3.8) is 0 Å². The molecule has 0 spiro atoms. The Kier molecular flexibility index (Phi) is 6.05. The van der Waals surface area contributed by atoms with Crippen LogP contribution in [-0.4, -0.2) is 10.9 Å². The van der Waals surface area contributed by atoms with Crippen molar-refractivity contribution in [2.75, 3.05) is 0 Å². The number of carbonyl (C=O) groups excluding carboxylic acids is 1. The van der Waals surface area contributed by atoms with E-state index in [9.17, 15) is 4.79 Å². The summed E-state index contributed by atoms with van der Waals surface area (Å²) in [5, 5.41) is 3.05. The lowest BCUT2D eigenvalue weighted by molar-refractivity contribution is 0.192. The Labute approximate surface area is 155 Å². The molecule has 3 nitrogen and oxygen atoms in total. The van der Waals surface area contributed by atoms with Gasteiger partial charge in [-0.15, -0.1) is 0 Å². The number of aryl methyl sites for hydroxylation is 1. The van der Waals surface area contributed by atoms with Gasteiger partial charge < -0.3 is 10.2 Å². The van der Waals surface area contributed by atoms with E-state index < -0.39 is 0 Å². The van der Waals surface area contributed by atoms with Gasteiger partial charge >= 0.3 is 6.03 Å². The molecule has 26 heavy (non-hydrogen) atoms. The molecule has 3 heteroatoms. The predicted octanol–water partition coefficient (Wildman–Crippen LogP) is 4.91. The average molecular weight is 344 g/mol. The first-order valence-electron chi connectivity index (χ1n) is 8.87. The third-order valence-corrected chi connectivity index (χ3v) is 4.28. The van der Waals surface area contributed by atoms with Crippen molar-refractivity contribution in [2.24, 2.45) is 0 Å². The normalized spacial score (nSPS) is 10.3. The van der Waals surface area contributed by atoms with E-state index in [0.717, 1.165) is 16.7 Å². The lowest BCUT2D eigenvalue weighted by Gasteiger charge is -2.23. The van der Waals surface area contributed by atoms with Crippen molar-refractivity contribution in [2.45, 2.75) is 26.6 Å². The van der Waals surface area contributed by atoms with Crippen LogP contribution in [0.4, 0.5) is 4.79 Å². The van der Waals surface area contributed by atoms with Crippen LogP contribution in [0.3, 0.4) is 0 Å². The van der Waals surface area contributed by atoms with E-state index >= 15 is 0 Å². The fourth-order valence-corrected chi connectivity index (χ4v) is 2.80. The van der Waals surface area contributed by atoms with Crippen LogP contribution in [0.1, 0.15) is 22.3 Å². The molecule has 0 atom stereocenters. The van der Waals surface area contributed by atoms with Gasteiger partial charge in [-0.25, -0.2) is 4.79 Å². The van der Waals surface area contributed by atoms with Crippen LogP contribution >= 0.6 is 0 Å². The number of hydrogen-bond acceptors (Lipinski definition) is 1. The van der Waals surface area contributed by atoms with Crippen LogP contribution in [0.15, 0.2) is 84.9 Å². The summed E-state index contributed by atoms with van der Waals surface area (Å²) in [6.45, 7) is 3.74. The number of amides is 2. The van der Waals surface area contributed by atoms with Gasteiger partial charge in [-0.1, -0.05) is 90.5 Å². The van der Waals surface area contributed by atoms with Gasteiger partial charge in [0.25, 0.3) is 0 Å². The number of benzene rings is 3. The molecule has 1 N–H and O–H groups in total. The van der Waals surface area contributed by atoms with Crippen LogP contribution < -0.4 is 5.32 Å². The molecule has 0 aliphatic rings. The first-order valence-corrected chi connectivity index (χ1v) is 8.87. The zero-order valence-electron chi connectivity index (χ0n) is 15.1. The highest BCUT2D eigenvalue weighted by Crippen LogP contribution is 2.11. The number of nitrogens with one attached hydrogen (secondary N) is 1. The number of hydrogen-bond donors (Lipinski definition) is 1. The number of rotatable bonds is 6. The van der Waals surface area contributed by atoms with Crippen LogP contribution in [0.25, 0.3) is 0 Å². The van der Waals surface area contributed by atoms with Gasteiger partial charge in [-0.05, 0) is 23.6 Å². The van der Waals surface area contributed by atoms with Gasteiger partial charge in [0.15, 0.2) is 0 Å². The highest BCUT2D eigenvalue weighted by atomic mass is 16.2. The van der Waals surface area contributed by atoms with E-state index in [-0.39, 0.29) is 6.03 Å². The largest absolute Gasteiger partial charge is 0.334 e. The molecule has 0 heterocycles. The maximum atomic E-state index is 12.8. The van der Waals surface area contributed by atoms with Crippen LogP contribution in [0.2, 0.25) is 0 Å². The molecule has 3 rings (SSSR count). The van der Waals surface area contributed by atoms with Gasteiger partial charge in [0.2, 0.25) is 0 Å². The molecule has 0 fully saturated rings. The van der Waals surface area contributed by atoms with Crippen molar-refractivity contribution in [1.29, 1.82) is 0 Å². The van der Waals surface area contributed by atoms with Crippen molar-refractivity contribution in [3.05, 3.63) is 107 Å². The third kappa shape index (κ3) is 5.21. The summed E-state index contributed by atoms with van der Waals surface area (Å²) in [6.07, 6.45) is 0. The molecule has 0 saturated carbocycles. The van der Waals surface area contributed by atoms with Crippen molar-refractivity contribution in [3.8, 4) is 0 Å². The van der Waals surface area contributed by atoms with E-state index in [1.54, 1.807) is 0 Å². The van der Waals surface area contributed by atoms with Crippen LogP contribution in [-0.2, 0) is 19.6 Å². The van der Waals surface area contributed by atoms with Gasteiger partial charge in [-0.2, -0.15) is 0 Å². The summed E-state index contributed by atoms with van der Waals surface area (Å²) in [5.41, 5.74) is 4.56. The zero-order valence-corrected chi connectivity index (χ0v) is 15.1. The molecule has 0 bridgehead atoms. The second-order valence-electron chi connectivity index (χ2n) is 6.47. The van der Waals surface area contributed by atoms with Crippen molar-refractivity contribution < 1.29 is 4.79 Å². The fourth-order valence-electron chi connectivity index (χ4n) is 2.80. The summed E-state index contributed by atoms with van der Waals surface area (Å²) < 4.78 is 0. The Bertz CT molecular complexity index is 772. The van der Waals surface area contributed by atoms with Gasteiger partial charge in [0.05, 0.1) is 0 Å². The quantitative estimate of drug-likeness (QED) is 0.677. The predicted molar refractivity (Wildman–Crippen MR) is 106 cm³/mol. The highest BCUT2D eigenvalue weighted by Gasteiger charge is 2.14. The first-order chi connectivity index (χ1) is 12.7. The molecular formula is C23H24N2O. The van der Waals surface area contributed by atoms with Crippen molar-refractivity contribution >= 4 is 6.03 Å². The molecule has 132 valence electrons. The van der Waals surface area contributed by atoms with Crippen LogP contribution in [0, 0.1) is 6.92 Å². The number of nitrogens with zero attached hydrogens (tertiary/aromatic N) is 1. The standard InChI is InChI=1S/C23H24N2O/c1-19-12-14-20(15-13-19)16-24-23(26)25(17-21-8-4-2-5-9-21)18-22-10-6-3-7-11-22/h2-15H,16-18H2,1H3,(H,24,26). The summed E-state index contributed by atoms with van der Waals surface area (Å²) in [7, 11) is 0. The SMILES string of the molecule is Cc1ccc(CNC(=O)N(Cc2ccccc2)Cc2ccccc2)cc1. The average Bonchev–Trinajstić information content (AvgIpc) is 2.68. The zero-order chi connectivity index (χ0) is 18.2. The minimum Gasteiger partial charge on any atom is -0.334 e. The van der Waals surface area contributed by atoms with Gasteiger partial charge in [0, 0.05) is 19.6 Å². The topological polar surface area (TPSA) is 32.3 Å². The van der Waals surface area contributed by atoms with Gasteiger partial charge in [-0.3, -0.25) is 0 Å². The smallest absolute Gasteiger partial charge is 0.318 e. The molecular weight excluding hydrogens is 320 g/mol. The lowest BCUT2D eigenvalue weighted by Crippen LogP contribution is -2.38. The summed E-state index contributed by atoms with van der Waals surface area (Å²) in [5.74, 6) is 0. The highest BCUT2D eigenvalue weighted by molar-refractivity contribution is 5.74. The second-order valence-corrected chi connectivity index (χ2v) is 6.47. The maximum Gasteiger partial charge on any atom is 0.318 e. The number of carbonyl (C=O) groups is 1. The fraction of sp³-hybridized carbons (Fsp3) is 0.174. The molecule has 0 radical (unpaired) electrons. The van der Waals surface area contributed by atoms with E-state index in [2.05, 4.69) is 24.4 Å². The molecule has 2 amide bonds. The molecule has 0 aromatic heterocycles. The Hall–Kier alpha value is -3.07. The van der Waals surface area contributed by atoms with E-state index in [0.29, 0.717) is 19.6 Å². The first kappa shape index (κ1) is 17.7. The summed E-state index contributed by atoms with van der Waals surface area (Å²) in [6, 6.07) is 28.3. The number of urea groups is 1. The third-order valence-electron chi connectivity index (χ3n) is 4.28. The lowest BCUT2D eigenvalue weighted by atomic mass is 10.1. The van der Waals surface area contributed by atoms with Gasteiger partial charge in [0.1, 0.15) is 0 Å². The summed E-state index contributed by atoms with van der Waals surface area (Å²) in [4.78, 5) is 14.7. The van der Waals surface area contributed by atoms with E-state index in [1.165, 1.54) is 5.56 Å². The second kappa shape index (κ2) is 8.86. The minimum absolute atomic E-state index is 0.0571. The maximum absolute atomic E-state index is 12.8. The molecule has 3 aromatic rings. The Balaban J connectivity index is 1.68. The minimum atomic E-state index is -0.0571. The summed E-state index contributed by atoms with van der Waals surface area (Å²) >= 11 is 0. The molecule has 0 aliphatic heterocycles. The van der Waals surface area contributed by atoms with E-state index in [1.807, 2.05) is 77.7 Å².